The summed E-state index contributed by atoms with van der Waals surface area (Å²) >= 11 is 0. The summed E-state index contributed by atoms with van der Waals surface area (Å²) in [5, 5.41) is 0. The van der Waals surface area contributed by atoms with Gasteiger partial charge < -0.3 is 14.4 Å². The molecule has 29 heavy (non-hydrogen) atoms. The van der Waals surface area contributed by atoms with Gasteiger partial charge in [-0.25, -0.2) is 4.79 Å². The van der Waals surface area contributed by atoms with E-state index >= 15 is 0 Å². The van der Waals surface area contributed by atoms with Crippen LogP contribution in [0.4, 0.5) is 4.79 Å². The molecular weight excluding hydrogens is 366 g/mol. The lowest BCUT2D eigenvalue weighted by molar-refractivity contribution is 0.0172. The third kappa shape index (κ3) is 6.08. The Kier molecular flexibility index (Phi) is 6.57. The van der Waals surface area contributed by atoms with Crippen molar-refractivity contribution in [3.63, 3.8) is 0 Å². The fraction of sp³-hybridized carbons (Fsp3) is 0.417. The van der Waals surface area contributed by atoms with Gasteiger partial charge in [0, 0.05) is 24.6 Å². The van der Waals surface area contributed by atoms with E-state index in [4.69, 9.17) is 9.47 Å². The number of benzene rings is 2. The van der Waals surface area contributed by atoms with Crippen molar-refractivity contribution < 1.29 is 19.1 Å². The van der Waals surface area contributed by atoms with E-state index in [1.54, 1.807) is 11.0 Å². The summed E-state index contributed by atoms with van der Waals surface area (Å²) in [5.41, 5.74) is 1.15. The van der Waals surface area contributed by atoms with E-state index in [1.807, 2.05) is 69.3 Å². The standard InChI is InChI=1S/C24H29NO4/c1-24(2,3)29-23(27)25-14-8-12-20(16-25)22(26)19-11-7-13-21(15-19)28-17-18-9-5-4-6-10-18/h4-7,9-11,13,15,20H,8,12,14,16-17H2,1-3H3/t20-/m1/s1. The van der Waals surface area contributed by atoms with E-state index in [0.717, 1.165) is 18.4 Å². The highest BCUT2D eigenvalue weighted by Crippen LogP contribution is 2.24. The smallest absolute Gasteiger partial charge is 0.410 e. The van der Waals surface area contributed by atoms with Crippen LogP contribution in [0.15, 0.2) is 54.6 Å². The lowest BCUT2D eigenvalue weighted by atomic mass is 9.90. The number of hydrogen-bond donors (Lipinski definition) is 0. The van der Waals surface area contributed by atoms with Crippen LogP contribution in [-0.2, 0) is 11.3 Å². The van der Waals surface area contributed by atoms with Gasteiger partial charge in [-0.05, 0) is 51.3 Å². The number of piperidine rings is 1. The molecule has 1 aliphatic rings. The number of carbonyl (C=O) groups excluding carboxylic acids is 2. The van der Waals surface area contributed by atoms with Crippen molar-refractivity contribution in [2.24, 2.45) is 5.92 Å². The fourth-order valence-electron chi connectivity index (χ4n) is 3.40. The Bertz CT molecular complexity index is 841. The van der Waals surface area contributed by atoms with Crippen molar-refractivity contribution in [2.45, 2.75) is 45.8 Å². The minimum absolute atomic E-state index is 0.0448. The first-order valence-electron chi connectivity index (χ1n) is 10.1. The Morgan fingerprint density at radius 3 is 2.55 bits per heavy atom. The molecule has 5 heteroatoms. The molecule has 1 amide bonds. The first kappa shape index (κ1) is 20.9. The topological polar surface area (TPSA) is 55.8 Å². The van der Waals surface area contributed by atoms with Crippen LogP contribution in [0.25, 0.3) is 0 Å². The van der Waals surface area contributed by atoms with Crippen molar-refractivity contribution in [1.29, 1.82) is 0 Å². The zero-order valence-electron chi connectivity index (χ0n) is 17.4. The molecular formula is C24H29NO4. The number of rotatable bonds is 5. The second kappa shape index (κ2) is 9.12. The first-order valence-corrected chi connectivity index (χ1v) is 10.1. The molecule has 0 spiro atoms. The van der Waals surface area contributed by atoms with Gasteiger partial charge in [-0.15, -0.1) is 0 Å². The highest BCUT2D eigenvalue weighted by atomic mass is 16.6. The van der Waals surface area contributed by atoms with E-state index in [2.05, 4.69) is 0 Å². The average Bonchev–Trinajstić information content (AvgIpc) is 2.71. The van der Waals surface area contributed by atoms with Crippen molar-refractivity contribution in [3.05, 3.63) is 65.7 Å². The summed E-state index contributed by atoms with van der Waals surface area (Å²) in [6.45, 7) is 7.01. The minimum Gasteiger partial charge on any atom is -0.489 e. The van der Waals surface area contributed by atoms with Gasteiger partial charge in [-0.2, -0.15) is 0 Å². The van der Waals surface area contributed by atoms with Crippen LogP contribution in [0.3, 0.4) is 0 Å². The number of ketones is 1. The second-order valence-electron chi connectivity index (χ2n) is 8.43. The maximum Gasteiger partial charge on any atom is 0.410 e. The van der Waals surface area contributed by atoms with Gasteiger partial charge in [0.15, 0.2) is 5.78 Å². The number of hydrogen-bond acceptors (Lipinski definition) is 4. The highest BCUT2D eigenvalue weighted by molar-refractivity contribution is 5.98. The molecule has 0 radical (unpaired) electrons. The molecule has 0 saturated carbocycles. The summed E-state index contributed by atoms with van der Waals surface area (Å²) in [7, 11) is 0. The predicted molar refractivity (Wildman–Crippen MR) is 112 cm³/mol. The van der Waals surface area contributed by atoms with Crippen LogP contribution in [0.5, 0.6) is 5.75 Å². The molecule has 1 atom stereocenters. The maximum atomic E-state index is 13.0. The quantitative estimate of drug-likeness (QED) is 0.661. The summed E-state index contributed by atoms with van der Waals surface area (Å²) < 4.78 is 11.3. The average molecular weight is 395 g/mol. The maximum absolute atomic E-state index is 13.0. The number of ether oxygens (including phenoxy) is 2. The zero-order valence-corrected chi connectivity index (χ0v) is 17.4. The molecule has 1 aliphatic heterocycles. The molecule has 0 unspecified atom stereocenters. The Balaban J connectivity index is 1.63. The van der Waals surface area contributed by atoms with E-state index in [0.29, 0.717) is 31.0 Å². The molecule has 1 fully saturated rings. The Morgan fingerprint density at radius 1 is 1.07 bits per heavy atom. The van der Waals surface area contributed by atoms with E-state index in [9.17, 15) is 9.59 Å². The van der Waals surface area contributed by atoms with Crippen LogP contribution in [0.2, 0.25) is 0 Å². The summed E-state index contributed by atoms with van der Waals surface area (Å²) in [5.74, 6) is 0.489. The van der Waals surface area contributed by atoms with Crippen LogP contribution >= 0.6 is 0 Å². The van der Waals surface area contributed by atoms with Gasteiger partial charge in [0.05, 0.1) is 0 Å². The van der Waals surface area contributed by atoms with Gasteiger partial charge in [0.25, 0.3) is 0 Å². The molecule has 0 N–H and O–H groups in total. The molecule has 2 aromatic carbocycles. The lowest BCUT2D eigenvalue weighted by Crippen LogP contribution is -2.44. The van der Waals surface area contributed by atoms with Gasteiger partial charge in [0.2, 0.25) is 0 Å². The summed E-state index contributed by atoms with van der Waals surface area (Å²) in [6.07, 6.45) is 1.21. The van der Waals surface area contributed by atoms with Gasteiger partial charge in [-0.3, -0.25) is 4.79 Å². The van der Waals surface area contributed by atoms with Crippen molar-refractivity contribution in [2.75, 3.05) is 13.1 Å². The fourth-order valence-corrected chi connectivity index (χ4v) is 3.40. The third-order valence-corrected chi connectivity index (χ3v) is 4.81. The van der Waals surface area contributed by atoms with Crippen LogP contribution in [0, 0.1) is 5.92 Å². The number of Topliss-reactive ketones (excluding diaryl/α,β-unsaturated/α-hetero) is 1. The number of carbonyl (C=O) groups is 2. The monoisotopic (exact) mass is 395 g/mol. The largest absolute Gasteiger partial charge is 0.489 e. The van der Waals surface area contributed by atoms with Crippen molar-refractivity contribution in [1.82, 2.24) is 4.90 Å². The predicted octanol–water partition coefficient (Wildman–Crippen LogP) is 5.10. The summed E-state index contributed by atoms with van der Waals surface area (Å²) in [4.78, 5) is 27.1. The van der Waals surface area contributed by atoms with Crippen LogP contribution < -0.4 is 4.74 Å². The lowest BCUT2D eigenvalue weighted by Gasteiger charge is -2.33. The molecule has 0 aliphatic carbocycles. The molecule has 3 rings (SSSR count). The second-order valence-corrected chi connectivity index (χ2v) is 8.43. The molecule has 5 nitrogen and oxygen atoms in total. The third-order valence-electron chi connectivity index (χ3n) is 4.81. The van der Waals surface area contributed by atoms with E-state index in [1.165, 1.54) is 0 Å². The van der Waals surface area contributed by atoms with Crippen molar-refractivity contribution in [3.8, 4) is 5.75 Å². The highest BCUT2D eigenvalue weighted by Gasteiger charge is 2.31. The minimum atomic E-state index is -0.543. The van der Waals surface area contributed by atoms with E-state index in [-0.39, 0.29) is 17.8 Å². The van der Waals surface area contributed by atoms with E-state index < -0.39 is 5.60 Å². The number of amides is 1. The molecule has 154 valence electrons. The van der Waals surface area contributed by atoms with Crippen molar-refractivity contribution >= 4 is 11.9 Å². The first-order chi connectivity index (χ1) is 13.8. The number of nitrogens with zero attached hydrogens (tertiary/aromatic N) is 1. The molecule has 1 heterocycles. The Morgan fingerprint density at radius 2 is 1.83 bits per heavy atom. The molecule has 1 saturated heterocycles. The van der Waals surface area contributed by atoms with Gasteiger partial charge >= 0.3 is 6.09 Å². The normalized spacial score (nSPS) is 16.9. The zero-order chi connectivity index (χ0) is 20.9. The van der Waals surface area contributed by atoms with Gasteiger partial charge in [0.1, 0.15) is 18.0 Å². The Hall–Kier alpha value is -2.82. The Labute approximate surface area is 172 Å². The molecule has 0 bridgehead atoms. The molecule has 0 aromatic heterocycles. The van der Waals surface area contributed by atoms with Crippen LogP contribution in [-0.4, -0.2) is 35.5 Å². The SMILES string of the molecule is CC(C)(C)OC(=O)N1CCC[C@@H](C(=O)c2cccc(OCc3ccccc3)c2)C1. The molecule has 2 aromatic rings. The summed E-state index contributed by atoms with van der Waals surface area (Å²) in [6, 6.07) is 17.2. The van der Waals surface area contributed by atoms with Crippen LogP contribution in [0.1, 0.15) is 49.5 Å². The van der Waals surface area contributed by atoms with Gasteiger partial charge in [-0.1, -0.05) is 42.5 Å². The number of likely N-dealkylation sites (tertiary alicyclic amines) is 1.